The fraction of sp³-hybridized carbons (Fsp3) is 0.714. The van der Waals surface area contributed by atoms with Crippen LogP contribution in [0.5, 0.6) is 0 Å². The van der Waals surface area contributed by atoms with Gasteiger partial charge in [0.05, 0.1) is 37.7 Å². The second-order valence-corrected chi connectivity index (χ2v) is 11.7. The molecule has 1 rings (SSSR count). The number of rotatable bonds is 13. The Hall–Kier alpha value is -4.52. The highest BCUT2D eigenvalue weighted by Crippen LogP contribution is 2.11. The van der Waals surface area contributed by atoms with E-state index in [0.717, 1.165) is 6.92 Å². The monoisotopic (exact) mass is 737 g/mol. The molecule has 0 aliphatic carbocycles. The van der Waals surface area contributed by atoms with Crippen molar-refractivity contribution in [2.45, 2.75) is 107 Å². The van der Waals surface area contributed by atoms with Crippen LogP contribution in [0.2, 0.25) is 0 Å². The average molecular weight is 738 g/mol. The predicted octanol–water partition coefficient (Wildman–Crippen LogP) is -6.30. The number of esters is 1. The SMILES string of the molecule is CC1CC(=O)NC(CCCN(O)C=O)C(O)CC(=O)NC(C(C)O)C(=O)NC(CCCNO)C(=O)NC(CO)C(=O)NC(C(O)C(=O)O)C(=O)O1. The minimum Gasteiger partial charge on any atom is -0.479 e. The normalized spacial score (nSPS) is 27.6. The van der Waals surface area contributed by atoms with Crippen LogP contribution in [-0.2, 0) is 43.1 Å². The summed E-state index contributed by atoms with van der Waals surface area (Å²) in [5.74, 6) is -9.03. The van der Waals surface area contributed by atoms with Crippen molar-refractivity contribution in [2.75, 3.05) is 19.7 Å². The van der Waals surface area contributed by atoms with E-state index in [1.807, 2.05) is 10.8 Å². The maximum atomic E-state index is 13.2. The van der Waals surface area contributed by atoms with Crippen LogP contribution < -0.4 is 32.1 Å². The van der Waals surface area contributed by atoms with Gasteiger partial charge in [-0.05, 0) is 39.5 Å². The second-order valence-electron chi connectivity index (χ2n) is 11.7. The van der Waals surface area contributed by atoms with Crippen molar-refractivity contribution in [1.82, 2.24) is 37.1 Å². The van der Waals surface area contributed by atoms with E-state index in [-0.39, 0.29) is 45.2 Å². The molecule has 0 spiro atoms. The van der Waals surface area contributed by atoms with E-state index in [4.69, 9.17) is 9.94 Å². The summed E-state index contributed by atoms with van der Waals surface area (Å²) in [4.78, 5) is 101. The minimum atomic E-state index is -2.61. The van der Waals surface area contributed by atoms with E-state index >= 15 is 0 Å². The molecule has 23 nitrogen and oxygen atoms in total. The number of amides is 6. The molecule has 51 heavy (non-hydrogen) atoms. The van der Waals surface area contributed by atoms with Crippen LogP contribution in [0.15, 0.2) is 0 Å². The summed E-state index contributed by atoms with van der Waals surface area (Å²) in [7, 11) is 0. The van der Waals surface area contributed by atoms with Crippen molar-refractivity contribution in [3.8, 4) is 0 Å². The Balaban J connectivity index is 3.57. The zero-order valence-corrected chi connectivity index (χ0v) is 27.9. The molecule has 13 N–H and O–H groups in total. The number of aliphatic hydroxyl groups is 4. The Morgan fingerprint density at radius 1 is 0.922 bits per heavy atom. The first kappa shape index (κ1) is 44.5. The quantitative estimate of drug-likeness (QED) is 0.0275. The molecule has 1 fully saturated rings. The van der Waals surface area contributed by atoms with Crippen LogP contribution in [0, 0.1) is 0 Å². The molecule has 23 heteroatoms. The van der Waals surface area contributed by atoms with Gasteiger partial charge < -0.3 is 62.1 Å². The number of hydroxylamine groups is 3. The number of carboxylic acids is 1. The number of aliphatic hydroxyl groups excluding tert-OH is 4. The summed E-state index contributed by atoms with van der Waals surface area (Å²) in [5, 5.41) is 80.1. The molecule has 0 bridgehead atoms. The first-order valence-electron chi connectivity index (χ1n) is 15.8. The standard InChI is InChI=1S/C28H47N7O16/c1-13-9-19(40)30-15(6-4-8-35(50)12-37)18(39)10-20(41)33-21(14(2)38)26(45)31-16(5-3-7-29-49)24(43)32-17(11-36)25(44)34-22(28(48)51-13)23(42)27(46)47/h12-18,21-23,29,36,38-39,42,49-50H,3-11H2,1-2H3,(H,30,40)(H,31,45)(H,32,43)(H,33,41)(H,34,44)(H,46,47). The summed E-state index contributed by atoms with van der Waals surface area (Å²) in [6.07, 6.45) is -8.89. The Morgan fingerprint density at radius 3 is 2.10 bits per heavy atom. The number of cyclic esters (lactones) is 1. The van der Waals surface area contributed by atoms with E-state index in [0.29, 0.717) is 5.06 Å². The third kappa shape index (κ3) is 15.5. The first-order valence-corrected chi connectivity index (χ1v) is 15.8. The molecule has 0 aromatic heterocycles. The zero-order chi connectivity index (χ0) is 38.8. The molecule has 1 aliphatic heterocycles. The van der Waals surface area contributed by atoms with Crippen LogP contribution >= 0.6 is 0 Å². The summed E-state index contributed by atoms with van der Waals surface area (Å²) >= 11 is 0. The van der Waals surface area contributed by atoms with E-state index in [9.17, 15) is 69.1 Å². The molecule has 290 valence electrons. The lowest BCUT2D eigenvalue weighted by Crippen LogP contribution is -2.61. The lowest BCUT2D eigenvalue weighted by Gasteiger charge is -2.27. The fourth-order valence-electron chi connectivity index (χ4n) is 4.74. The van der Waals surface area contributed by atoms with E-state index in [1.165, 1.54) is 6.92 Å². The number of ether oxygens (including phenoxy) is 1. The number of nitrogens with zero attached hydrogens (tertiary/aromatic N) is 1. The average Bonchev–Trinajstić information content (AvgIpc) is 3.05. The van der Waals surface area contributed by atoms with Gasteiger partial charge in [-0.3, -0.25) is 34.0 Å². The van der Waals surface area contributed by atoms with Crippen LogP contribution in [0.4, 0.5) is 0 Å². The van der Waals surface area contributed by atoms with E-state index in [2.05, 4.69) is 21.3 Å². The smallest absolute Gasteiger partial charge is 0.335 e. The molecule has 1 saturated heterocycles. The van der Waals surface area contributed by atoms with Crippen LogP contribution in [0.25, 0.3) is 0 Å². The lowest BCUT2D eigenvalue weighted by atomic mass is 10.0. The van der Waals surface area contributed by atoms with Gasteiger partial charge in [-0.25, -0.2) is 20.1 Å². The van der Waals surface area contributed by atoms with Gasteiger partial charge in [0, 0.05) is 13.1 Å². The predicted molar refractivity (Wildman–Crippen MR) is 166 cm³/mol. The Morgan fingerprint density at radius 2 is 1.53 bits per heavy atom. The highest BCUT2D eigenvalue weighted by atomic mass is 16.5. The van der Waals surface area contributed by atoms with Crippen molar-refractivity contribution >= 4 is 47.9 Å². The van der Waals surface area contributed by atoms with Crippen molar-refractivity contribution in [1.29, 1.82) is 0 Å². The zero-order valence-electron chi connectivity index (χ0n) is 27.9. The van der Waals surface area contributed by atoms with Crippen molar-refractivity contribution < 1.29 is 79.0 Å². The lowest BCUT2D eigenvalue weighted by molar-refractivity contribution is -0.164. The molecule has 0 aromatic carbocycles. The fourth-order valence-corrected chi connectivity index (χ4v) is 4.74. The van der Waals surface area contributed by atoms with Gasteiger partial charge in [0.1, 0.15) is 24.2 Å². The molecule has 1 heterocycles. The largest absolute Gasteiger partial charge is 0.479 e. The minimum absolute atomic E-state index is 0.0132. The van der Waals surface area contributed by atoms with Gasteiger partial charge in [-0.1, -0.05) is 0 Å². The summed E-state index contributed by atoms with van der Waals surface area (Å²) in [5.41, 5.74) is 1.84. The number of carbonyl (C=O) groups excluding carboxylic acids is 7. The third-order valence-corrected chi connectivity index (χ3v) is 7.45. The highest BCUT2D eigenvalue weighted by molar-refractivity contribution is 5.96. The van der Waals surface area contributed by atoms with Crippen molar-refractivity contribution in [3.05, 3.63) is 0 Å². The molecule has 0 aromatic rings. The van der Waals surface area contributed by atoms with Crippen LogP contribution in [-0.4, -0.2) is 163 Å². The van der Waals surface area contributed by atoms with Crippen molar-refractivity contribution in [3.63, 3.8) is 0 Å². The van der Waals surface area contributed by atoms with E-state index < -0.39 is 116 Å². The van der Waals surface area contributed by atoms with Gasteiger partial charge >= 0.3 is 11.9 Å². The summed E-state index contributed by atoms with van der Waals surface area (Å²) in [6.45, 7) is 0.847. The number of carbonyl (C=O) groups is 8. The Bertz CT molecular complexity index is 1220. The van der Waals surface area contributed by atoms with E-state index in [1.54, 1.807) is 0 Å². The second kappa shape index (κ2) is 22.3. The van der Waals surface area contributed by atoms with Crippen molar-refractivity contribution in [2.24, 2.45) is 0 Å². The molecule has 0 saturated carbocycles. The summed E-state index contributed by atoms with van der Waals surface area (Å²) in [6, 6.07) is -8.76. The Labute approximate surface area is 291 Å². The number of carboxylic acid groups (broad SMARTS) is 1. The molecule has 0 radical (unpaired) electrons. The topological polar surface area (TPSA) is 363 Å². The maximum Gasteiger partial charge on any atom is 0.335 e. The number of hydrogen-bond donors (Lipinski definition) is 13. The number of aliphatic carboxylic acids is 1. The molecule has 9 atom stereocenters. The van der Waals surface area contributed by atoms with Gasteiger partial charge in [0.2, 0.25) is 35.9 Å². The number of nitrogens with one attached hydrogen (secondary N) is 6. The first-order chi connectivity index (χ1) is 23.9. The van der Waals surface area contributed by atoms with Gasteiger partial charge in [-0.2, -0.15) is 0 Å². The maximum absolute atomic E-state index is 13.2. The number of hydrogen-bond acceptors (Lipinski definition) is 16. The van der Waals surface area contributed by atoms with Gasteiger partial charge in [-0.15, -0.1) is 0 Å². The van der Waals surface area contributed by atoms with Crippen LogP contribution in [0.3, 0.4) is 0 Å². The Kier molecular flexibility index (Phi) is 19.5. The molecule has 9 unspecified atom stereocenters. The molecular weight excluding hydrogens is 690 g/mol. The molecule has 6 amide bonds. The highest BCUT2D eigenvalue weighted by Gasteiger charge is 2.39. The van der Waals surface area contributed by atoms with Crippen LogP contribution in [0.1, 0.15) is 52.4 Å². The molecule has 1 aliphatic rings. The molecular formula is C28H47N7O16. The summed E-state index contributed by atoms with van der Waals surface area (Å²) < 4.78 is 5.08. The van der Waals surface area contributed by atoms with Gasteiger partial charge in [0.15, 0.2) is 12.1 Å². The van der Waals surface area contributed by atoms with Gasteiger partial charge in [0.25, 0.3) is 0 Å². The third-order valence-electron chi connectivity index (χ3n) is 7.45.